The molecule has 10 heteroatoms. The van der Waals surface area contributed by atoms with Gasteiger partial charge in [-0.3, -0.25) is 14.9 Å². The lowest BCUT2D eigenvalue weighted by atomic mass is 10.1. The predicted octanol–water partition coefficient (Wildman–Crippen LogP) is -1.41. The second kappa shape index (κ2) is 10.5. The molecule has 0 bridgehead atoms. The third-order valence-corrected chi connectivity index (χ3v) is 2.79. The van der Waals surface area contributed by atoms with Gasteiger partial charge >= 0.3 is 18.0 Å². The third kappa shape index (κ3) is 8.87. The first-order valence-electron chi connectivity index (χ1n) is 6.79. The number of nitrogens with one attached hydrogen (secondary N) is 2. The van der Waals surface area contributed by atoms with Crippen LogP contribution in [-0.2, 0) is 14.4 Å². The van der Waals surface area contributed by atoms with Gasteiger partial charge in [0, 0.05) is 6.42 Å². The largest absolute Gasteiger partial charge is 0.481 e. The lowest BCUT2D eigenvalue weighted by molar-refractivity contribution is -0.140. The third-order valence-electron chi connectivity index (χ3n) is 2.79. The van der Waals surface area contributed by atoms with Gasteiger partial charge in [0.2, 0.25) is 5.91 Å². The summed E-state index contributed by atoms with van der Waals surface area (Å²) in [5.74, 6) is -3.21. The smallest absolute Gasteiger partial charge is 0.326 e. The van der Waals surface area contributed by atoms with E-state index in [-0.39, 0.29) is 19.3 Å². The molecule has 0 radical (unpaired) electrons. The van der Waals surface area contributed by atoms with Crippen molar-refractivity contribution in [1.82, 2.24) is 10.6 Å². The van der Waals surface area contributed by atoms with E-state index in [1.807, 2.05) is 5.32 Å². The molecule has 0 aliphatic carbocycles. The van der Waals surface area contributed by atoms with Gasteiger partial charge in [-0.25, -0.2) is 9.59 Å². The number of aliphatic carboxylic acids is 2. The number of nitrogens with two attached hydrogens (primary N) is 2. The summed E-state index contributed by atoms with van der Waals surface area (Å²) in [4.78, 5) is 44.4. The van der Waals surface area contributed by atoms with E-state index >= 15 is 0 Å². The zero-order chi connectivity index (χ0) is 17.1. The fourth-order valence-electron chi connectivity index (χ4n) is 1.56. The van der Waals surface area contributed by atoms with Crippen LogP contribution in [0.4, 0.5) is 4.79 Å². The average molecular weight is 318 g/mol. The Bertz CT molecular complexity index is 414. The number of carboxylic acids is 2. The van der Waals surface area contributed by atoms with Gasteiger partial charge in [-0.1, -0.05) is 0 Å². The number of hydrogen-bond acceptors (Lipinski definition) is 6. The molecular formula is C12H22N4O6. The summed E-state index contributed by atoms with van der Waals surface area (Å²) in [7, 11) is 0. The zero-order valence-corrected chi connectivity index (χ0v) is 12.1. The van der Waals surface area contributed by atoms with Gasteiger partial charge in [-0.2, -0.15) is 0 Å². The summed E-state index contributed by atoms with van der Waals surface area (Å²) in [5, 5.41) is 21.5. The SMILES string of the molecule is NCCCC[C@H](NC(=O)NC(=O)[C@@H](N)CCC(=O)O)C(=O)O. The zero-order valence-electron chi connectivity index (χ0n) is 12.1. The Kier molecular flexibility index (Phi) is 9.46. The van der Waals surface area contributed by atoms with E-state index in [1.165, 1.54) is 0 Å². The fraction of sp³-hybridized carbons (Fsp3) is 0.667. The van der Waals surface area contributed by atoms with Crippen LogP contribution in [0.5, 0.6) is 0 Å². The number of rotatable bonds is 10. The second-order valence-electron chi connectivity index (χ2n) is 4.68. The van der Waals surface area contributed by atoms with Gasteiger partial charge in [-0.15, -0.1) is 0 Å². The Morgan fingerprint density at radius 2 is 1.68 bits per heavy atom. The number of unbranched alkanes of at least 4 members (excludes halogenated alkanes) is 1. The Morgan fingerprint density at radius 3 is 2.18 bits per heavy atom. The van der Waals surface area contributed by atoms with Crippen LogP contribution in [0.2, 0.25) is 0 Å². The average Bonchev–Trinajstić information content (AvgIpc) is 2.43. The number of carbonyl (C=O) groups is 4. The first-order chi connectivity index (χ1) is 10.3. The maximum absolute atomic E-state index is 11.5. The first-order valence-corrected chi connectivity index (χ1v) is 6.79. The van der Waals surface area contributed by atoms with Crippen molar-refractivity contribution in [3.05, 3.63) is 0 Å². The van der Waals surface area contributed by atoms with E-state index in [0.29, 0.717) is 19.4 Å². The molecule has 8 N–H and O–H groups in total. The molecule has 0 aromatic carbocycles. The number of carbonyl (C=O) groups excluding carboxylic acids is 2. The Morgan fingerprint density at radius 1 is 1.05 bits per heavy atom. The molecule has 0 saturated carbocycles. The summed E-state index contributed by atoms with van der Waals surface area (Å²) >= 11 is 0. The van der Waals surface area contributed by atoms with Crippen molar-refractivity contribution in [2.75, 3.05) is 6.54 Å². The van der Waals surface area contributed by atoms with Crippen molar-refractivity contribution in [1.29, 1.82) is 0 Å². The Labute approximate surface area is 127 Å². The van der Waals surface area contributed by atoms with Gasteiger partial charge < -0.3 is 27.0 Å². The summed E-state index contributed by atoms with van der Waals surface area (Å²) in [5.41, 5.74) is 10.7. The van der Waals surface area contributed by atoms with Gasteiger partial charge in [0.25, 0.3) is 0 Å². The molecule has 2 atom stereocenters. The minimum atomic E-state index is -1.23. The fourth-order valence-corrected chi connectivity index (χ4v) is 1.56. The van der Waals surface area contributed by atoms with Gasteiger partial charge in [0.05, 0.1) is 6.04 Å². The van der Waals surface area contributed by atoms with Crippen molar-refractivity contribution in [2.45, 2.75) is 44.2 Å². The molecule has 0 aliphatic rings. The molecule has 0 aromatic rings. The lowest BCUT2D eigenvalue weighted by Crippen LogP contribution is -2.51. The molecular weight excluding hydrogens is 296 g/mol. The molecule has 0 fully saturated rings. The molecule has 126 valence electrons. The molecule has 0 saturated heterocycles. The van der Waals surface area contributed by atoms with E-state index in [9.17, 15) is 19.2 Å². The van der Waals surface area contributed by atoms with Crippen molar-refractivity contribution in [3.63, 3.8) is 0 Å². The van der Waals surface area contributed by atoms with E-state index in [0.717, 1.165) is 0 Å². The molecule has 22 heavy (non-hydrogen) atoms. The molecule has 0 aliphatic heterocycles. The van der Waals surface area contributed by atoms with Crippen molar-refractivity contribution in [3.8, 4) is 0 Å². The number of amides is 3. The van der Waals surface area contributed by atoms with Crippen LogP contribution < -0.4 is 22.1 Å². The number of imide groups is 1. The Balaban J connectivity index is 4.29. The summed E-state index contributed by atoms with van der Waals surface area (Å²) in [6.07, 6.45) is 0.867. The summed E-state index contributed by atoms with van der Waals surface area (Å²) in [6, 6.07) is -3.30. The van der Waals surface area contributed by atoms with Crippen LogP contribution in [0, 0.1) is 0 Å². The molecule has 0 rings (SSSR count). The number of carboxylic acid groups (broad SMARTS) is 2. The van der Waals surface area contributed by atoms with Crippen LogP contribution in [-0.4, -0.2) is 52.7 Å². The summed E-state index contributed by atoms with van der Waals surface area (Å²) in [6.45, 7) is 0.412. The second-order valence-corrected chi connectivity index (χ2v) is 4.68. The molecule has 0 heterocycles. The van der Waals surface area contributed by atoms with Crippen LogP contribution >= 0.6 is 0 Å². The van der Waals surface area contributed by atoms with E-state index in [1.54, 1.807) is 0 Å². The van der Waals surface area contributed by atoms with E-state index in [4.69, 9.17) is 21.7 Å². The highest BCUT2D eigenvalue weighted by molar-refractivity contribution is 5.98. The molecule has 0 unspecified atom stereocenters. The van der Waals surface area contributed by atoms with Crippen LogP contribution in [0.1, 0.15) is 32.1 Å². The van der Waals surface area contributed by atoms with Crippen LogP contribution in [0.25, 0.3) is 0 Å². The first kappa shape index (κ1) is 19.8. The highest BCUT2D eigenvalue weighted by Gasteiger charge is 2.22. The molecule has 0 aromatic heterocycles. The minimum Gasteiger partial charge on any atom is -0.481 e. The van der Waals surface area contributed by atoms with E-state index in [2.05, 4.69) is 5.32 Å². The molecule has 10 nitrogen and oxygen atoms in total. The molecule has 0 spiro atoms. The predicted molar refractivity (Wildman–Crippen MR) is 75.8 cm³/mol. The van der Waals surface area contributed by atoms with Gasteiger partial charge in [-0.05, 0) is 32.2 Å². The van der Waals surface area contributed by atoms with Gasteiger partial charge in [0.1, 0.15) is 6.04 Å². The maximum atomic E-state index is 11.5. The minimum absolute atomic E-state index is 0.132. The quantitative estimate of drug-likeness (QED) is 0.265. The summed E-state index contributed by atoms with van der Waals surface area (Å²) < 4.78 is 0. The van der Waals surface area contributed by atoms with Crippen molar-refractivity contribution < 1.29 is 29.4 Å². The topological polar surface area (TPSA) is 185 Å². The van der Waals surface area contributed by atoms with Gasteiger partial charge in [0.15, 0.2) is 0 Å². The monoisotopic (exact) mass is 318 g/mol. The van der Waals surface area contributed by atoms with Crippen molar-refractivity contribution in [2.24, 2.45) is 11.5 Å². The normalized spacial score (nSPS) is 13.0. The lowest BCUT2D eigenvalue weighted by Gasteiger charge is -2.16. The number of hydrogen-bond donors (Lipinski definition) is 6. The highest BCUT2D eigenvalue weighted by Crippen LogP contribution is 2.01. The maximum Gasteiger partial charge on any atom is 0.326 e. The number of urea groups is 1. The molecule has 3 amide bonds. The van der Waals surface area contributed by atoms with Crippen molar-refractivity contribution >= 4 is 23.9 Å². The highest BCUT2D eigenvalue weighted by atomic mass is 16.4. The Hall–Kier alpha value is -2.20. The standard InChI is InChI=1S/C12H22N4O6/c13-6-2-1-3-8(11(20)21)15-12(22)16-10(19)7(14)4-5-9(17)18/h7-8H,1-6,13-14H2,(H,17,18)(H,20,21)(H2,15,16,19,22)/t7-,8-/m0/s1. The van der Waals surface area contributed by atoms with Crippen LogP contribution in [0.3, 0.4) is 0 Å². The van der Waals surface area contributed by atoms with Crippen LogP contribution in [0.15, 0.2) is 0 Å². The van der Waals surface area contributed by atoms with E-state index < -0.39 is 36.0 Å².